The minimum Gasteiger partial charge on any atom is -0.478 e. The molecule has 0 aliphatic heterocycles. The summed E-state index contributed by atoms with van der Waals surface area (Å²) in [4.78, 5) is 11.0. The van der Waals surface area contributed by atoms with Gasteiger partial charge in [-0.05, 0) is 49.3 Å². The van der Waals surface area contributed by atoms with Crippen molar-refractivity contribution in [3.05, 3.63) is 41.0 Å². The Balaban J connectivity index is 3.34. The predicted molar refractivity (Wildman–Crippen MR) is 75.6 cm³/mol. The van der Waals surface area contributed by atoms with Crippen molar-refractivity contribution in [1.82, 2.24) is 0 Å². The molecule has 0 spiro atoms. The van der Waals surface area contributed by atoms with Crippen molar-refractivity contribution in [3.63, 3.8) is 0 Å². The summed E-state index contributed by atoms with van der Waals surface area (Å²) >= 11 is 0. The summed E-state index contributed by atoms with van der Waals surface area (Å²) in [6, 6.07) is 6.20. The number of aryl methyl sites for hydroxylation is 2. The van der Waals surface area contributed by atoms with Crippen LogP contribution in [0.15, 0.2) is 24.3 Å². The van der Waals surface area contributed by atoms with E-state index in [4.69, 9.17) is 5.11 Å². The lowest BCUT2D eigenvalue weighted by molar-refractivity contribution is -0.131. The Kier molecular flexibility index (Phi) is 5.14. The van der Waals surface area contributed by atoms with Gasteiger partial charge in [0.05, 0.1) is 0 Å². The lowest BCUT2D eigenvalue weighted by Gasteiger charge is -2.19. The first kappa shape index (κ1) is 14.5. The molecule has 0 heterocycles. The average molecular weight is 246 g/mol. The maximum Gasteiger partial charge on any atom is 0.328 e. The van der Waals surface area contributed by atoms with Gasteiger partial charge in [-0.2, -0.15) is 0 Å². The zero-order valence-electron chi connectivity index (χ0n) is 11.7. The molecule has 18 heavy (non-hydrogen) atoms. The SMILES string of the molecule is CCC(CC)/C(=C\C(=O)O)c1cc(C)ccc1C. The van der Waals surface area contributed by atoms with E-state index in [-0.39, 0.29) is 0 Å². The van der Waals surface area contributed by atoms with Crippen LogP contribution in [-0.4, -0.2) is 11.1 Å². The second-order valence-corrected chi connectivity index (χ2v) is 4.77. The zero-order valence-corrected chi connectivity index (χ0v) is 11.7. The summed E-state index contributed by atoms with van der Waals surface area (Å²) in [6.45, 7) is 8.28. The molecule has 2 nitrogen and oxygen atoms in total. The van der Waals surface area contributed by atoms with Crippen LogP contribution in [0.3, 0.4) is 0 Å². The predicted octanol–water partition coefficient (Wildman–Crippen LogP) is 4.21. The number of benzene rings is 1. The van der Waals surface area contributed by atoms with Crippen LogP contribution in [0.2, 0.25) is 0 Å². The van der Waals surface area contributed by atoms with Gasteiger partial charge in [0, 0.05) is 6.08 Å². The van der Waals surface area contributed by atoms with Crippen LogP contribution in [-0.2, 0) is 4.79 Å². The minimum atomic E-state index is -0.863. The fraction of sp³-hybridized carbons (Fsp3) is 0.438. The molecule has 0 amide bonds. The summed E-state index contributed by atoms with van der Waals surface area (Å²) in [5.74, 6) is -0.556. The quantitative estimate of drug-likeness (QED) is 0.790. The number of carbonyl (C=O) groups is 1. The first-order valence-corrected chi connectivity index (χ1v) is 6.51. The highest BCUT2D eigenvalue weighted by Gasteiger charge is 2.16. The van der Waals surface area contributed by atoms with Crippen LogP contribution < -0.4 is 0 Å². The highest BCUT2D eigenvalue weighted by molar-refractivity contribution is 5.91. The Labute approximate surface area is 109 Å². The fourth-order valence-electron chi connectivity index (χ4n) is 2.32. The second kappa shape index (κ2) is 6.39. The highest BCUT2D eigenvalue weighted by atomic mass is 16.4. The van der Waals surface area contributed by atoms with E-state index in [2.05, 4.69) is 32.0 Å². The van der Waals surface area contributed by atoms with Crippen LogP contribution in [0.1, 0.15) is 43.4 Å². The largest absolute Gasteiger partial charge is 0.478 e. The van der Waals surface area contributed by atoms with Gasteiger partial charge in [0.15, 0.2) is 0 Å². The van der Waals surface area contributed by atoms with Gasteiger partial charge in [-0.1, -0.05) is 37.6 Å². The van der Waals surface area contributed by atoms with E-state index in [1.165, 1.54) is 6.08 Å². The first-order valence-electron chi connectivity index (χ1n) is 6.51. The molecule has 0 fully saturated rings. The van der Waals surface area contributed by atoms with Crippen molar-refractivity contribution in [3.8, 4) is 0 Å². The van der Waals surface area contributed by atoms with E-state index in [0.717, 1.165) is 35.1 Å². The van der Waals surface area contributed by atoms with Crippen molar-refractivity contribution in [2.45, 2.75) is 40.5 Å². The summed E-state index contributed by atoms with van der Waals surface area (Å²) < 4.78 is 0. The molecule has 98 valence electrons. The maximum atomic E-state index is 11.0. The van der Waals surface area contributed by atoms with Crippen molar-refractivity contribution < 1.29 is 9.90 Å². The molecule has 0 saturated heterocycles. The number of hydrogen-bond donors (Lipinski definition) is 1. The Morgan fingerprint density at radius 3 is 2.39 bits per heavy atom. The lowest BCUT2D eigenvalue weighted by Crippen LogP contribution is -2.05. The van der Waals surface area contributed by atoms with E-state index in [0.29, 0.717) is 5.92 Å². The molecule has 2 heteroatoms. The maximum absolute atomic E-state index is 11.0. The Morgan fingerprint density at radius 1 is 1.28 bits per heavy atom. The topological polar surface area (TPSA) is 37.3 Å². The summed E-state index contributed by atoms with van der Waals surface area (Å²) in [6.07, 6.45) is 3.30. The van der Waals surface area contributed by atoms with Gasteiger partial charge in [-0.3, -0.25) is 0 Å². The molecule has 0 unspecified atom stereocenters. The van der Waals surface area contributed by atoms with Crippen molar-refractivity contribution in [2.75, 3.05) is 0 Å². The molecule has 0 atom stereocenters. The van der Waals surface area contributed by atoms with Gasteiger partial charge < -0.3 is 5.11 Å². The monoisotopic (exact) mass is 246 g/mol. The van der Waals surface area contributed by atoms with Crippen molar-refractivity contribution >= 4 is 11.5 Å². The van der Waals surface area contributed by atoms with Crippen LogP contribution in [0, 0.1) is 19.8 Å². The van der Waals surface area contributed by atoms with Gasteiger partial charge >= 0.3 is 5.97 Å². The number of allylic oxidation sites excluding steroid dienone is 1. The van der Waals surface area contributed by atoms with E-state index in [1.54, 1.807) is 0 Å². The Bertz CT molecular complexity index is 454. The molecule has 1 N–H and O–H groups in total. The van der Waals surface area contributed by atoms with Gasteiger partial charge in [0.1, 0.15) is 0 Å². The van der Waals surface area contributed by atoms with Crippen LogP contribution >= 0.6 is 0 Å². The highest BCUT2D eigenvalue weighted by Crippen LogP contribution is 2.31. The second-order valence-electron chi connectivity index (χ2n) is 4.77. The molecule has 0 aromatic heterocycles. The normalized spacial score (nSPS) is 11.9. The molecule has 0 radical (unpaired) electrons. The summed E-state index contributed by atoms with van der Waals surface area (Å²) in [7, 11) is 0. The third-order valence-electron chi connectivity index (χ3n) is 3.41. The van der Waals surface area contributed by atoms with Gasteiger partial charge in [0.25, 0.3) is 0 Å². The van der Waals surface area contributed by atoms with Crippen LogP contribution in [0.25, 0.3) is 5.57 Å². The average Bonchev–Trinajstić information content (AvgIpc) is 2.32. The molecule has 1 aromatic carbocycles. The molecular formula is C16H22O2. The van der Waals surface area contributed by atoms with E-state index in [9.17, 15) is 4.79 Å². The van der Waals surface area contributed by atoms with Crippen LogP contribution in [0.5, 0.6) is 0 Å². The molecule has 0 saturated carbocycles. The van der Waals surface area contributed by atoms with Crippen molar-refractivity contribution in [1.29, 1.82) is 0 Å². The molecule has 0 bridgehead atoms. The third-order valence-corrected chi connectivity index (χ3v) is 3.41. The molecule has 0 aliphatic carbocycles. The van der Waals surface area contributed by atoms with E-state index in [1.807, 2.05) is 13.8 Å². The first-order chi connectivity index (χ1) is 8.49. The Hall–Kier alpha value is -1.57. The fourth-order valence-corrected chi connectivity index (χ4v) is 2.32. The Morgan fingerprint density at radius 2 is 1.89 bits per heavy atom. The van der Waals surface area contributed by atoms with Crippen molar-refractivity contribution in [2.24, 2.45) is 5.92 Å². The van der Waals surface area contributed by atoms with Crippen LogP contribution in [0.4, 0.5) is 0 Å². The molecule has 0 aliphatic rings. The minimum absolute atomic E-state index is 0.307. The summed E-state index contributed by atoms with van der Waals surface area (Å²) in [5, 5.41) is 9.07. The van der Waals surface area contributed by atoms with Gasteiger partial charge in [-0.25, -0.2) is 4.79 Å². The zero-order chi connectivity index (χ0) is 13.7. The van der Waals surface area contributed by atoms with E-state index >= 15 is 0 Å². The smallest absolute Gasteiger partial charge is 0.328 e. The number of rotatable bonds is 5. The third kappa shape index (κ3) is 3.46. The standard InChI is InChI=1S/C16H22O2/c1-5-13(6-2)15(10-16(17)18)14-9-11(3)7-8-12(14)4/h7-10,13H,5-6H2,1-4H3,(H,17,18)/b15-10+. The molecular weight excluding hydrogens is 224 g/mol. The number of carboxylic acid groups (broad SMARTS) is 1. The van der Waals surface area contributed by atoms with Gasteiger partial charge in [0.2, 0.25) is 0 Å². The molecule has 1 rings (SSSR count). The molecule has 1 aromatic rings. The summed E-state index contributed by atoms with van der Waals surface area (Å²) in [5.41, 5.74) is 4.33. The lowest BCUT2D eigenvalue weighted by atomic mass is 9.85. The number of aliphatic carboxylic acids is 1. The van der Waals surface area contributed by atoms with E-state index < -0.39 is 5.97 Å². The number of hydrogen-bond acceptors (Lipinski definition) is 1. The number of carboxylic acids is 1. The van der Waals surface area contributed by atoms with Gasteiger partial charge in [-0.15, -0.1) is 0 Å².